The number of nitrogens with one attached hydrogen (secondary N) is 1. The molecule has 1 rings (SSSR count). The second-order valence-electron chi connectivity index (χ2n) is 4.05. The van der Waals surface area contributed by atoms with Crippen molar-refractivity contribution in [3.05, 3.63) is 30.1 Å². The van der Waals surface area contributed by atoms with Crippen LogP contribution in [0, 0.1) is 5.82 Å². The lowest BCUT2D eigenvalue weighted by Crippen LogP contribution is -2.30. The molecular formula is C14H20FNO4. The standard InChI is InChI=1S/C14H20FNO4/c1-18-9-10-19-8-2-7-16-14(17)11-20-13-5-3-12(15)4-6-13/h3-6H,2,7-11H2,1H3,(H,16,17). The number of halogens is 1. The van der Waals surface area contributed by atoms with E-state index >= 15 is 0 Å². The molecule has 0 spiro atoms. The third kappa shape index (κ3) is 7.70. The van der Waals surface area contributed by atoms with Crippen LogP contribution in [-0.4, -0.2) is 46.0 Å². The first-order valence-corrected chi connectivity index (χ1v) is 6.44. The van der Waals surface area contributed by atoms with Gasteiger partial charge in [-0.3, -0.25) is 4.79 Å². The van der Waals surface area contributed by atoms with Gasteiger partial charge in [0.2, 0.25) is 0 Å². The van der Waals surface area contributed by atoms with Crippen molar-refractivity contribution in [1.82, 2.24) is 5.32 Å². The Hall–Kier alpha value is -1.66. The molecule has 1 aromatic rings. The number of carbonyl (C=O) groups excluding carboxylic acids is 1. The summed E-state index contributed by atoms with van der Waals surface area (Å²) in [6.45, 7) is 2.13. The monoisotopic (exact) mass is 285 g/mol. The van der Waals surface area contributed by atoms with E-state index in [9.17, 15) is 9.18 Å². The molecule has 112 valence electrons. The zero-order chi connectivity index (χ0) is 14.6. The molecule has 0 unspecified atom stereocenters. The molecule has 1 aromatic carbocycles. The predicted molar refractivity (Wildman–Crippen MR) is 72.2 cm³/mol. The van der Waals surface area contributed by atoms with E-state index in [1.54, 1.807) is 7.11 Å². The van der Waals surface area contributed by atoms with Crippen LogP contribution in [0.4, 0.5) is 4.39 Å². The maximum Gasteiger partial charge on any atom is 0.257 e. The van der Waals surface area contributed by atoms with Crippen molar-refractivity contribution in [2.24, 2.45) is 0 Å². The molecular weight excluding hydrogens is 265 g/mol. The third-order valence-electron chi connectivity index (χ3n) is 2.40. The lowest BCUT2D eigenvalue weighted by molar-refractivity contribution is -0.123. The van der Waals surface area contributed by atoms with Crippen LogP contribution in [0.15, 0.2) is 24.3 Å². The van der Waals surface area contributed by atoms with Gasteiger partial charge in [0, 0.05) is 20.3 Å². The average molecular weight is 285 g/mol. The fourth-order valence-corrected chi connectivity index (χ4v) is 1.38. The third-order valence-corrected chi connectivity index (χ3v) is 2.40. The Morgan fingerprint density at radius 3 is 2.65 bits per heavy atom. The Labute approximate surface area is 118 Å². The van der Waals surface area contributed by atoms with Gasteiger partial charge in [0.15, 0.2) is 6.61 Å². The molecule has 0 fully saturated rings. The van der Waals surface area contributed by atoms with E-state index in [1.165, 1.54) is 24.3 Å². The van der Waals surface area contributed by atoms with E-state index in [0.29, 0.717) is 32.1 Å². The number of ether oxygens (including phenoxy) is 3. The maximum absolute atomic E-state index is 12.6. The summed E-state index contributed by atoms with van der Waals surface area (Å²) in [6.07, 6.45) is 0.728. The molecule has 1 amide bonds. The zero-order valence-electron chi connectivity index (χ0n) is 11.6. The van der Waals surface area contributed by atoms with Crippen molar-refractivity contribution >= 4 is 5.91 Å². The summed E-state index contributed by atoms with van der Waals surface area (Å²) < 4.78 is 27.9. The van der Waals surface area contributed by atoms with Gasteiger partial charge < -0.3 is 19.5 Å². The minimum atomic E-state index is -0.338. The van der Waals surface area contributed by atoms with Gasteiger partial charge in [0.25, 0.3) is 5.91 Å². The number of methoxy groups -OCH3 is 1. The van der Waals surface area contributed by atoms with Gasteiger partial charge >= 0.3 is 0 Å². The van der Waals surface area contributed by atoms with Crippen molar-refractivity contribution in [1.29, 1.82) is 0 Å². The molecule has 0 heterocycles. The van der Waals surface area contributed by atoms with Crippen molar-refractivity contribution in [3.63, 3.8) is 0 Å². The molecule has 0 aromatic heterocycles. The molecule has 6 heteroatoms. The molecule has 0 aliphatic heterocycles. The molecule has 0 radical (unpaired) electrons. The van der Waals surface area contributed by atoms with Crippen LogP contribution in [0.3, 0.4) is 0 Å². The number of benzene rings is 1. The predicted octanol–water partition coefficient (Wildman–Crippen LogP) is 1.37. The van der Waals surface area contributed by atoms with Crippen LogP contribution < -0.4 is 10.1 Å². The van der Waals surface area contributed by atoms with Gasteiger partial charge in [-0.25, -0.2) is 4.39 Å². The fraction of sp³-hybridized carbons (Fsp3) is 0.500. The lowest BCUT2D eigenvalue weighted by Gasteiger charge is -2.07. The molecule has 5 nitrogen and oxygen atoms in total. The molecule has 0 bridgehead atoms. The number of hydrogen-bond acceptors (Lipinski definition) is 4. The van der Waals surface area contributed by atoms with Gasteiger partial charge in [-0.1, -0.05) is 0 Å². The molecule has 0 aliphatic carbocycles. The Bertz CT molecular complexity index is 383. The van der Waals surface area contributed by atoms with Crippen LogP contribution in [0.5, 0.6) is 5.75 Å². The highest BCUT2D eigenvalue weighted by Gasteiger charge is 2.02. The highest BCUT2D eigenvalue weighted by molar-refractivity contribution is 5.77. The average Bonchev–Trinajstić information content (AvgIpc) is 2.46. The van der Waals surface area contributed by atoms with E-state index in [1.807, 2.05) is 0 Å². The normalized spacial score (nSPS) is 10.3. The molecule has 0 saturated heterocycles. The molecule has 1 N–H and O–H groups in total. The largest absolute Gasteiger partial charge is 0.484 e. The van der Waals surface area contributed by atoms with E-state index in [2.05, 4.69) is 5.32 Å². The summed E-state index contributed by atoms with van der Waals surface area (Å²) in [5.74, 6) is -0.0917. The molecule has 0 aliphatic rings. The highest BCUT2D eigenvalue weighted by Crippen LogP contribution is 2.10. The van der Waals surface area contributed by atoms with Crippen LogP contribution in [0.25, 0.3) is 0 Å². The second-order valence-corrected chi connectivity index (χ2v) is 4.05. The number of rotatable bonds is 10. The minimum absolute atomic E-state index is 0.0871. The van der Waals surface area contributed by atoms with Crippen molar-refractivity contribution < 1.29 is 23.4 Å². The summed E-state index contributed by atoms with van der Waals surface area (Å²) >= 11 is 0. The Balaban J connectivity index is 2.01. The first kappa shape index (κ1) is 16.4. The smallest absolute Gasteiger partial charge is 0.257 e. The Morgan fingerprint density at radius 1 is 1.20 bits per heavy atom. The Morgan fingerprint density at radius 2 is 1.95 bits per heavy atom. The number of amides is 1. The van der Waals surface area contributed by atoms with E-state index in [0.717, 1.165) is 6.42 Å². The first-order valence-electron chi connectivity index (χ1n) is 6.44. The maximum atomic E-state index is 12.6. The second kappa shape index (κ2) is 10.2. The van der Waals surface area contributed by atoms with Crippen LogP contribution in [0.2, 0.25) is 0 Å². The van der Waals surface area contributed by atoms with Crippen LogP contribution >= 0.6 is 0 Å². The molecule has 0 atom stereocenters. The molecule has 0 saturated carbocycles. The van der Waals surface area contributed by atoms with E-state index in [4.69, 9.17) is 14.2 Å². The van der Waals surface area contributed by atoms with Crippen molar-refractivity contribution in [2.45, 2.75) is 6.42 Å². The van der Waals surface area contributed by atoms with Gasteiger partial charge in [-0.05, 0) is 30.7 Å². The topological polar surface area (TPSA) is 56.8 Å². The lowest BCUT2D eigenvalue weighted by atomic mass is 10.3. The van der Waals surface area contributed by atoms with Crippen LogP contribution in [-0.2, 0) is 14.3 Å². The minimum Gasteiger partial charge on any atom is -0.484 e. The van der Waals surface area contributed by atoms with E-state index in [-0.39, 0.29) is 18.3 Å². The Kier molecular flexibility index (Phi) is 8.33. The van der Waals surface area contributed by atoms with Crippen molar-refractivity contribution in [2.75, 3.05) is 40.1 Å². The fourth-order valence-electron chi connectivity index (χ4n) is 1.38. The van der Waals surface area contributed by atoms with E-state index < -0.39 is 0 Å². The zero-order valence-corrected chi connectivity index (χ0v) is 11.6. The van der Waals surface area contributed by atoms with Gasteiger partial charge in [-0.2, -0.15) is 0 Å². The molecule has 20 heavy (non-hydrogen) atoms. The quantitative estimate of drug-likeness (QED) is 0.660. The summed E-state index contributed by atoms with van der Waals surface area (Å²) in [7, 11) is 1.62. The van der Waals surface area contributed by atoms with Crippen LogP contribution in [0.1, 0.15) is 6.42 Å². The van der Waals surface area contributed by atoms with Gasteiger partial charge in [0.1, 0.15) is 11.6 Å². The first-order chi connectivity index (χ1) is 9.72. The van der Waals surface area contributed by atoms with Gasteiger partial charge in [0.05, 0.1) is 13.2 Å². The van der Waals surface area contributed by atoms with Gasteiger partial charge in [-0.15, -0.1) is 0 Å². The number of hydrogen-bond donors (Lipinski definition) is 1. The summed E-state index contributed by atoms with van der Waals surface area (Å²) in [5, 5.41) is 2.71. The summed E-state index contributed by atoms with van der Waals surface area (Å²) in [4.78, 5) is 11.4. The number of carbonyl (C=O) groups is 1. The SMILES string of the molecule is COCCOCCCNC(=O)COc1ccc(F)cc1. The van der Waals surface area contributed by atoms with Crippen molar-refractivity contribution in [3.8, 4) is 5.75 Å². The summed E-state index contributed by atoms with van der Waals surface area (Å²) in [5.41, 5.74) is 0. The summed E-state index contributed by atoms with van der Waals surface area (Å²) in [6, 6.07) is 5.52. The highest BCUT2D eigenvalue weighted by atomic mass is 19.1.